The van der Waals surface area contributed by atoms with Crippen LogP contribution in [0.4, 0.5) is 0 Å². The summed E-state index contributed by atoms with van der Waals surface area (Å²) in [6, 6.07) is 0.395. The number of hydrogen-bond donors (Lipinski definition) is 1. The molecule has 0 amide bonds. The monoisotopic (exact) mass is 199 g/mol. The van der Waals surface area contributed by atoms with Gasteiger partial charge in [0.15, 0.2) is 0 Å². The van der Waals surface area contributed by atoms with E-state index in [9.17, 15) is 0 Å². The van der Waals surface area contributed by atoms with Gasteiger partial charge in [0.2, 0.25) is 0 Å². The van der Waals surface area contributed by atoms with Crippen molar-refractivity contribution in [2.24, 2.45) is 29.4 Å². The molecular formula is C13H29N. The van der Waals surface area contributed by atoms with Gasteiger partial charge in [0.1, 0.15) is 0 Å². The second kappa shape index (κ2) is 6.44. The Morgan fingerprint density at radius 2 is 1.43 bits per heavy atom. The molecule has 0 spiro atoms. The van der Waals surface area contributed by atoms with Crippen molar-refractivity contribution in [2.45, 2.75) is 60.4 Å². The lowest BCUT2D eigenvalue weighted by atomic mass is 9.77. The van der Waals surface area contributed by atoms with Gasteiger partial charge in [-0.3, -0.25) is 0 Å². The van der Waals surface area contributed by atoms with Crippen LogP contribution in [0.2, 0.25) is 0 Å². The molecule has 4 unspecified atom stereocenters. The van der Waals surface area contributed by atoms with Crippen molar-refractivity contribution in [3.05, 3.63) is 0 Å². The maximum Gasteiger partial charge on any atom is 0.00388 e. The molecule has 1 nitrogen and oxygen atoms in total. The lowest BCUT2D eigenvalue weighted by molar-refractivity contribution is 0.206. The Morgan fingerprint density at radius 3 is 1.79 bits per heavy atom. The van der Waals surface area contributed by atoms with Crippen LogP contribution in [0.3, 0.4) is 0 Å². The summed E-state index contributed by atoms with van der Waals surface area (Å²) >= 11 is 0. The highest BCUT2D eigenvalue weighted by atomic mass is 14.6. The van der Waals surface area contributed by atoms with Gasteiger partial charge in [0, 0.05) is 6.04 Å². The van der Waals surface area contributed by atoms with Crippen LogP contribution in [0.15, 0.2) is 0 Å². The molecule has 0 saturated carbocycles. The van der Waals surface area contributed by atoms with E-state index in [1.807, 2.05) is 0 Å². The zero-order chi connectivity index (χ0) is 11.3. The molecule has 0 aromatic carbocycles. The molecule has 1 heteroatoms. The molecule has 14 heavy (non-hydrogen) atoms. The lowest BCUT2D eigenvalue weighted by Gasteiger charge is -2.30. The standard InChI is InChI=1S/C13H29N/c1-7-13(14)8-10(4)12(6)11(5)9(2)3/h9-13H,7-8,14H2,1-6H3. The van der Waals surface area contributed by atoms with Crippen molar-refractivity contribution in [1.29, 1.82) is 0 Å². The minimum absolute atomic E-state index is 0.395. The quantitative estimate of drug-likeness (QED) is 0.694. The van der Waals surface area contributed by atoms with E-state index in [0.29, 0.717) is 6.04 Å². The Labute approximate surface area is 90.5 Å². The first-order chi connectivity index (χ1) is 6.40. The summed E-state index contributed by atoms with van der Waals surface area (Å²) in [5.41, 5.74) is 5.99. The third-order valence-corrected chi connectivity index (χ3v) is 3.98. The molecule has 0 fully saturated rings. The molecule has 0 heterocycles. The minimum Gasteiger partial charge on any atom is -0.328 e. The Kier molecular flexibility index (Phi) is 6.43. The second-order valence-electron chi connectivity index (χ2n) is 5.34. The fourth-order valence-corrected chi connectivity index (χ4v) is 1.98. The van der Waals surface area contributed by atoms with E-state index >= 15 is 0 Å². The van der Waals surface area contributed by atoms with Crippen molar-refractivity contribution < 1.29 is 0 Å². The number of rotatable bonds is 6. The first-order valence-corrected chi connectivity index (χ1v) is 6.15. The maximum absolute atomic E-state index is 5.99. The highest BCUT2D eigenvalue weighted by Crippen LogP contribution is 2.29. The van der Waals surface area contributed by atoms with Gasteiger partial charge in [-0.2, -0.15) is 0 Å². The largest absolute Gasteiger partial charge is 0.328 e. The molecule has 0 aromatic rings. The predicted molar refractivity (Wildman–Crippen MR) is 65.2 cm³/mol. The van der Waals surface area contributed by atoms with Gasteiger partial charge in [0.05, 0.1) is 0 Å². The topological polar surface area (TPSA) is 26.0 Å². The van der Waals surface area contributed by atoms with Gasteiger partial charge in [-0.1, -0.05) is 41.5 Å². The van der Waals surface area contributed by atoms with Crippen LogP contribution in [-0.2, 0) is 0 Å². The average Bonchev–Trinajstić information content (AvgIpc) is 2.14. The molecule has 0 saturated heterocycles. The Hall–Kier alpha value is -0.0400. The van der Waals surface area contributed by atoms with Gasteiger partial charge in [-0.05, 0) is 36.5 Å². The van der Waals surface area contributed by atoms with Crippen molar-refractivity contribution in [1.82, 2.24) is 0 Å². The van der Waals surface area contributed by atoms with Crippen LogP contribution in [-0.4, -0.2) is 6.04 Å². The maximum atomic E-state index is 5.99. The molecule has 0 rings (SSSR count). The van der Waals surface area contributed by atoms with E-state index in [0.717, 1.165) is 30.1 Å². The fourth-order valence-electron chi connectivity index (χ4n) is 1.98. The Morgan fingerprint density at radius 1 is 0.929 bits per heavy atom. The molecule has 0 aromatic heterocycles. The minimum atomic E-state index is 0.395. The highest BCUT2D eigenvalue weighted by molar-refractivity contribution is 4.74. The molecule has 4 atom stereocenters. The van der Waals surface area contributed by atoms with Crippen molar-refractivity contribution in [3.8, 4) is 0 Å². The molecular weight excluding hydrogens is 170 g/mol. The van der Waals surface area contributed by atoms with E-state index in [1.54, 1.807) is 0 Å². The van der Waals surface area contributed by atoms with Crippen LogP contribution in [0, 0.1) is 23.7 Å². The van der Waals surface area contributed by atoms with Crippen molar-refractivity contribution >= 4 is 0 Å². The first kappa shape index (κ1) is 14.0. The SMILES string of the molecule is CCC(N)CC(C)C(C)C(C)C(C)C. The third kappa shape index (κ3) is 4.45. The number of nitrogens with two attached hydrogens (primary N) is 1. The molecule has 86 valence electrons. The zero-order valence-electron chi connectivity index (χ0n) is 10.9. The highest BCUT2D eigenvalue weighted by Gasteiger charge is 2.22. The fraction of sp³-hybridized carbons (Fsp3) is 1.00. The molecule has 0 aliphatic heterocycles. The van der Waals surface area contributed by atoms with E-state index < -0.39 is 0 Å². The van der Waals surface area contributed by atoms with Crippen LogP contribution < -0.4 is 5.73 Å². The van der Waals surface area contributed by atoms with Crippen molar-refractivity contribution in [3.63, 3.8) is 0 Å². The molecule has 0 aliphatic carbocycles. The molecule has 0 radical (unpaired) electrons. The van der Waals surface area contributed by atoms with Crippen LogP contribution in [0.5, 0.6) is 0 Å². The first-order valence-electron chi connectivity index (χ1n) is 6.15. The summed E-state index contributed by atoms with van der Waals surface area (Å²) in [6.07, 6.45) is 2.28. The molecule has 2 N–H and O–H groups in total. The Bertz CT molecular complexity index is 142. The summed E-state index contributed by atoms with van der Waals surface area (Å²) in [4.78, 5) is 0. The van der Waals surface area contributed by atoms with E-state index in [-0.39, 0.29) is 0 Å². The predicted octanol–water partition coefficient (Wildman–Crippen LogP) is 3.68. The summed E-state index contributed by atoms with van der Waals surface area (Å²) in [5, 5.41) is 0. The summed E-state index contributed by atoms with van der Waals surface area (Å²) < 4.78 is 0. The van der Waals surface area contributed by atoms with Crippen LogP contribution in [0.25, 0.3) is 0 Å². The average molecular weight is 199 g/mol. The van der Waals surface area contributed by atoms with E-state index in [4.69, 9.17) is 5.73 Å². The lowest BCUT2D eigenvalue weighted by Crippen LogP contribution is -2.28. The normalized spacial score (nSPS) is 20.6. The van der Waals surface area contributed by atoms with Gasteiger partial charge < -0.3 is 5.73 Å². The Balaban J connectivity index is 4.04. The second-order valence-corrected chi connectivity index (χ2v) is 5.34. The summed E-state index contributed by atoms with van der Waals surface area (Å²) in [6.45, 7) is 13.9. The smallest absolute Gasteiger partial charge is 0.00388 e. The van der Waals surface area contributed by atoms with Gasteiger partial charge in [-0.25, -0.2) is 0 Å². The van der Waals surface area contributed by atoms with Gasteiger partial charge >= 0.3 is 0 Å². The summed E-state index contributed by atoms with van der Waals surface area (Å²) in [7, 11) is 0. The number of hydrogen-bond acceptors (Lipinski definition) is 1. The van der Waals surface area contributed by atoms with Crippen LogP contribution in [0.1, 0.15) is 54.4 Å². The van der Waals surface area contributed by atoms with E-state index in [1.165, 1.54) is 6.42 Å². The molecule has 0 aliphatic rings. The van der Waals surface area contributed by atoms with Gasteiger partial charge in [-0.15, -0.1) is 0 Å². The third-order valence-electron chi connectivity index (χ3n) is 3.98. The molecule has 0 bridgehead atoms. The van der Waals surface area contributed by atoms with E-state index in [2.05, 4.69) is 41.5 Å². The van der Waals surface area contributed by atoms with Crippen LogP contribution >= 0.6 is 0 Å². The zero-order valence-corrected chi connectivity index (χ0v) is 10.9. The van der Waals surface area contributed by atoms with Crippen molar-refractivity contribution in [2.75, 3.05) is 0 Å². The van der Waals surface area contributed by atoms with Gasteiger partial charge in [0.25, 0.3) is 0 Å². The summed E-state index contributed by atoms with van der Waals surface area (Å²) in [5.74, 6) is 3.12.